The molecule has 6 nitrogen and oxygen atoms in total. The molecule has 0 bridgehead atoms. The molecule has 0 saturated carbocycles. The van der Waals surface area contributed by atoms with E-state index >= 15 is 0 Å². The number of carbonyl (C=O) groups is 1. The third-order valence-corrected chi connectivity index (χ3v) is 6.59. The predicted molar refractivity (Wildman–Crippen MR) is 109 cm³/mol. The van der Waals surface area contributed by atoms with Crippen molar-refractivity contribution in [2.45, 2.75) is 36.1 Å². The van der Waals surface area contributed by atoms with Crippen LogP contribution in [0.25, 0.3) is 0 Å². The summed E-state index contributed by atoms with van der Waals surface area (Å²) in [4.78, 5) is 14.4. The summed E-state index contributed by atoms with van der Waals surface area (Å²) in [5.41, 5.74) is -0.375. The van der Waals surface area contributed by atoms with E-state index in [-0.39, 0.29) is 16.4 Å². The van der Waals surface area contributed by atoms with Gasteiger partial charge in [-0.2, -0.15) is 0 Å². The number of nitrogens with one attached hydrogen (secondary N) is 2. The van der Waals surface area contributed by atoms with Gasteiger partial charge in [-0.25, -0.2) is 17.2 Å². The first kappa shape index (κ1) is 21.9. The van der Waals surface area contributed by atoms with E-state index in [1.54, 1.807) is 19.1 Å². The second-order valence-corrected chi connectivity index (χ2v) is 9.83. The van der Waals surface area contributed by atoms with Gasteiger partial charge in [-0.3, -0.25) is 15.1 Å². The largest absolute Gasteiger partial charge is 0.346 e. The van der Waals surface area contributed by atoms with Crippen molar-refractivity contribution in [3.63, 3.8) is 0 Å². The molecule has 1 amide bonds. The molecule has 0 aliphatic carbocycles. The molecule has 1 heterocycles. The van der Waals surface area contributed by atoms with Gasteiger partial charge in [0.15, 0.2) is 15.8 Å². The fourth-order valence-corrected chi connectivity index (χ4v) is 4.35. The summed E-state index contributed by atoms with van der Waals surface area (Å²) in [6.45, 7) is 2.49. The van der Waals surface area contributed by atoms with Crippen LogP contribution in [-0.4, -0.2) is 38.5 Å². The molecule has 0 unspecified atom stereocenters. The Labute approximate surface area is 174 Å². The van der Waals surface area contributed by atoms with Crippen LogP contribution in [0.5, 0.6) is 0 Å². The Morgan fingerprint density at radius 1 is 1.17 bits per heavy atom. The van der Waals surface area contributed by atoms with E-state index < -0.39 is 33.1 Å². The molecule has 1 aliphatic rings. The van der Waals surface area contributed by atoms with E-state index in [0.717, 1.165) is 18.1 Å². The molecule has 3 rings (SSSR count). The molecule has 1 aliphatic heterocycles. The Hall–Kier alpha value is -2.81. The summed E-state index contributed by atoms with van der Waals surface area (Å²) in [6, 6.07) is 11.7. The number of amides is 1. The third kappa shape index (κ3) is 3.81. The summed E-state index contributed by atoms with van der Waals surface area (Å²) in [6.07, 6.45) is 1.09. The van der Waals surface area contributed by atoms with Crippen LogP contribution in [0.4, 0.5) is 8.78 Å². The second kappa shape index (κ2) is 7.16. The van der Waals surface area contributed by atoms with Crippen LogP contribution in [0.2, 0.25) is 0 Å². The van der Waals surface area contributed by atoms with Crippen LogP contribution < -0.4 is 5.32 Å². The van der Waals surface area contributed by atoms with Gasteiger partial charge in [0.05, 0.1) is 16.4 Å². The number of carbonyl (C=O) groups excluding carboxylic acids is 1. The molecular formula is C21H23F2N3O3S. The zero-order chi connectivity index (χ0) is 22.5. The minimum atomic E-state index is -3.49. The highest BCUT2D eigenvalue weighted by Gasteiger charge is 2.48. The molecule has 1 fully saturated rings. The lowest BCUT2D eigenvalue weighted by Gasteiger charge is -2.46. The van der Waals surface area contributed by atoms with E-state index in [4.69, 9.17) is 5.41 Å². The van der Waals surface area contributed by atoms with Gasteiger partial charge >= 0.3 is 0 Å². The van der Waals surface area contributed by atoms with Crippen LogP contribution >= 0.6 is 0 Å². The number of rotatable bonds is 4. The molecule has 9 heteroatoms. The van der Waals surface area contributed by atoms with E-state index in [2.05, 4.69) is 5.32 Å². The topological polar surface area (TPSA) is 90.3 Å². The molecule has 0 radical (unpaired) electrons. The van der Waals surface area contributed by atoms with Crippen LogP contribution in [0.3, 0.4) is 0 Å². The van der Waals surface area contributed by atoms with Crippen molar-refractivity contribution in [3.05, 3.63) is 65.2 Å². The molecule has 2 atom stereocenters. The van der Waals surface area contributed by atoms with Crippen molar-refractivity contribution in [2.75, 3.05) is 13.3 Å². The van der Waals surface area contributed by atoms with Gasteiger partial charge in [0, 0.05) is 25.8 Å². The van der Waals surface area contributed by atoms with E-state index in [1.807, 2.05) is 0 Å². The highest BCUT2D eigenvalue weighted by atomic mass is 32.2. The molecule has 2 aromatic carbocycles. The van der Waals surface area contributed by atoms with E-state index in [9.17, 15) is 22.0 Å². The SMILES string of the molecule is CN1C(=N)N[C@](C)(c2cccc(S(C)(=O)=O)c2)[C@H](c2ccc(C(C)(F)F)cc2)C1=O. The van der Waals surface area contributed by atoms with Crippen molar-refractivity contribution in [1.82, 2.24) is 10.2 Å². The Kier molecular flexibility index (Phi) is 5.22. The first-order valence-electron chi connectivity index (χ1n) is 9.18. The predicted octanol–water partition coefficient (Wildman–Crippen LogP) is 3.20. The van der Waals surface area contributed by atoms with Gasteiger partial charge in [-0.05, 0) is 30.2 Å². The highest BCUT2D eigenvalue weighted by Crippen LogP contribution is 2.42. The molecule has 160 valence electrons. The lowest BCUT2D eigenvalue weighted by Crippen LogP contribution is -2.62. The van der Waals surface area contributed by atoms with Gasteiger partial charge in [0.1, 0.15) is 0 Å². The van der Waals surface area contributed by atoms with Crippen molar-refractivity contribution in [1.29, 1.82) is 5.41 Å². The number of nitrogens with zero attached hydrogens (tertiary/aromatic N) is 1. The summed E-state index contributed by atoms with van der Waals surface area (Å²) >= 11 is 0. The minimum Gasteiger partial charge on any atom is -0.346 e. The number of sulfone groups is 1. The fourth-order valence-electron chi connectivity index (χ4n) is 3.69. The van der Waals surface area contributed by atoms with Crippen LogP contribution in [0, 0.1) is 5.41 Å². The molecular weight excluding hydrogens is 412 g/mol. The molecule has 1 saturated heterocycles. The zero-order valence-electron chi connectivity index (χ0n) is 17.0. The number of halogens is 2. The van der Waals surface area contributed by atoms with Gasteiger partial charge in [0.2, 0.25) is 5.91 Å². The third-order valence-electron chi connectivity index (χ3n) is 5.48. The van der Waals surface area contributed by atoms with Crippen molar-refractivity contribution in [3.8, 4) is 0 Å². The highest BCUT2D eigenvalue weighted by molar-refractivity contribution is 7.90. The van der Waals surface area contributed by atoms with Crippen LogP contribution in [0.1, 0.15) is 36.5 Å². The number of hydrogen-bond donors (Lipinski definition) is 2. The van der Waals surface area contributed by atoms with E-state index in [1.165, 1.54) is 43.4 Å². The maximum Gasteiger partial charge on any atom is 0.270 e. The Bertz CT molecular complexity index is 1110. The van der Waals surface area contributed by atoms with Crippen molar-refractivity contribution in [2.24, 2.45) is 0 Å². The zero-order valence-corrected chi connectivity index (χ0v) is 17.8. The summed E-state index contributed by atoms with van der Waals surface area (Å²) in [7, 11) is -2.04. The normalized spacial score (nSPS) is 22.7. The summed E-state index contributed by atoms with van der Waals surface area (Å²) < 4.78 is 51.3. The Balaban J connectivity index is 2.17. The molecule has 2 aromatic rings. The number of benzene rings is 2. The van der Waals surface area contributed by atoms with Crippen LogP contribution in [-0.2, 0) is 26.1 Å². The Morgan fingerprint density at radius 2 is 1.77 bits per heavy atom. The smallest absolute Gasteiger partial charge is 0.270 e. The van der Waals surface area contributed by atoms with E-state index in [0.29, 0.717) is 11.1 Å². The number of alkyl halides is 2. The number of likely N-dealkylation sites (N-methyl/N-ethyl adjacent to an activating group) is 1. The van der Waals surface area contributed by atoms with Gasteiger partial charge in [-0.1, -0.05) is 36.4 Å². The molecule has 30 heavy (non-hydrogen) atoms. The monoisotopic (exact) mass is 435 g/mol. The average Bonchev–Trinajstić information content (AvgIpc) is 2.65. The lowest BCUT2D eigenvalue weighted by atomic mass is 9.73. The van der Waals surface area contributed by atoms with Crippen LogP contribution in [0.15, 0.2) is 53.4 Å². The maximum atomic E-state index is 13.6. The molecule has 0 aromatic heterocycles. The quantitative estimate of drug-likeness (QED) is 0.772. The standard InChI is InChI=1S/C21H23F2N3O3S/c1-20(15-6-5-7-16(12-15)30(4,28)29)17(18(27)26(3)19(24)25-20)13-8-10-14(11-9-13)21(2,22)23/h5-12,17H,1-4H3,(H2,24,25)/t17-,20-/m1/s1. The van der Waals surface area contributed by atoms with Gasteiger partial charge < -0.3 is 5.32 Å². The second-order valence-electron chi connectivity index (χ2n) is 7.82. The number of hydrogen-bond acceptors (Lipinski definition) is 4. The Morgan fingerprint density at radius 3 is 2.30 bits per heavy atom. The molecule has 0 spiro atoms. The lowest BCUT2D eigenvalue weighted by molar-refractivity contribution is -0.131. The van der Waals surface area contributed by atoms with Gasteiger partial charge in [0.25, 0.3) is 5.92 Å². The first-order chi connectivity index (χ1) is 13.7. The summed E-state index contributed by atoms with van der Waals surface area (Å²) in [5, 5.41) is 11.2. The van der Waals surface area contributed by atoms with Crippen molar-refractivity contribution >= 4 is 21.7 Å². The average molecular weight is 435 g/mol. The fraction of sp³-hybridized carbons (Fsp3) is 0.333. The number of guanidine groups is 1. The van der Waals surface area contributed by atoms with Crippen molar-refractivity contribution < 1.29 is 22.0 Å². The minimum absolute atomic E-state index is 0.0839. The summed E-state index contributed by atoms with van der Waals surface area (Å²) in [5.74, 6) is -4.42. The molecule has 2 N–H and O–H groups in total. The van der Waals surface area contributed by atoms with Gasteiger partial charge in [-0.15, -0.1) is 0 Å². The maximum absolute atomic E-state index is 13.6. The first-order valence-corrected chi connectivity index (χ1v) is 11.1.